The first-order valence-corrected chi connectivity index (χ1v) is 8.77. The lowest BCUT2D eigenvalue weighted by atomic mass is 9.83. The summed E-state index contributed by atoms with van der Waals surface area (Å²) in [5, 5.41) is 0. The van der Waals surface area contributed by atoms with Crippen molar-refractivity contribution in [1.82, 2.24) is 0 Å². The topological polar surface area (TPSA) is 9.23 Å². The number of hydrogen-bond acceptors (Lipinski definition) is 1. The maximum absolute atomic E-state index is 6.10. The summed E-state index contributed by atoms with van der Waals surface area (Å²) in [6.45, 7) is 15.6. The lowest BCUT2D eigenvalue weighted by molar-refractivity contribution is 0.0500. The van der Waals surface area contributed by atoms with Crippen LogP contribution in [0.1, 0.15) is 80.6 Å². The molecule has 1 rings (SSSR count). The van der Waals surface area contributed by atoms with E-state index in [4.69, 9.17) is 16.3 Å². The highest BCUT2D eigenvalue weighted by Gasteiger charge is 2.19. The molecule has 0 spiro atoms. The van der Waals surface area contributed by atoms with Crippen molar-refractivity contribution in [2.45, 2.75) is 86.1 Å². The van der Waals surface area contributed by atoms with Crippen molar-refractivity contribution in [1.29, 1.82) is 0 Å². The minimum absolute atomic E-state index is 0.0793. The standard InChI is InChI=1S/C13H25ClO.2C2H6/c1-10(2)8-13(14)15-9-12-6-4-11(3)5-7-12;2*1-2/h10-13H,4-9H2,1-3H3;2*1-2H3. The molecule has 0 saturated heterocycles. The Morgan fingerprint density at radius 3 is 1.89 bits per heavy atom. The van der Waals surface area contributed by atoms with Crippen LogP contribution in [-0.2, 0) is 4.74 Å². The van der Waals surface area contributed by atoms with Gasteiger partial charge in [0.25, 0.3) is 0 Å². The molecule has 1 nitrogen and oxygen atoms in total. The van der Waals surface area contributed by atoms with Gasteiger partial charge in [-0.1, -0.05) is 72.9 Å². The van der Waals surface area contributed by atoms with Gasteiger partial charge in [-0.25, -0.2) is 0 Å². The van der Waals surface area contributed by atoms with E-state index in [0.717, 1.165) is 24.9 Å². The highest BCUT2D eigenvalue weighted by molar-refractivity contribution is 6.19. The minimum Gasteiger partial charge on any atom is -0.362 e. The summed E-state index contributed by atoms with van der Waals surface area (Å²) in [5.41, 5.74) is -0.0793. The fourth-order valence-electron chi connectivity index (χ4n) is 2.17. The highest BCUT2D eigenvalue weighted by Crippen LogP contribution is 2.29. The summed E-state index contributed by atoms with van der Waals surface area (Å²) < 4.78 is 5.69. The number of halogens is 1. The van der Waals surface area contributed by atoms with Crippen LogP contribution in [0.5, 0.6) is 0 Å². The lowest BCUT2D eigenvalue weighted by Gasteiger charge is -2.26. The molecule has 0 heterocycles. The Morgan fingerprint density at radius 1 is 1.00 bits per heavy atom. The van der Waals surface area contributed by atoms with Crippen LogP contribution in [0.2, 0.25) is 0 Å². The molecule has 118 valence electrons. The lowest BCUT2D eigenvalue weighted by Crippen LogP contribution is -2.20. The van der Waals surface area contributed by atoms with Gasteiger partial charge in [0.2, 0.25) is 0 Å². The Hall–Kier alpha value is 0.250. The zero-order valence-electron chi connectivity index (χ0n) is 14.3. The number of rotatable bonds is 5. The molecule has 19 heavy (non-hydrogen) atoms. The van der Waals surface area contributed by atoms with Gasteiger partial charge in [0.05, 0.1) is 6.61 Å². The van der Waals surface area contributed by atoms with Crippen molar-refractivity contribution in [2.24, 2.45) is 17.8 Å². The molecule has 0 N–H and O–H groups in total. The Morgan fingerprint density at radius 2 is 1.47 bits per heavy atom. The van der Waals surface area contributed by atoms with Crippen LogP contribution in [0.3, 0.4) is 0 Å². The molecule has 1 aliphatic carbocycles. The van der Waals surface area contributed by atoms with E-state index in [9.17, 15) is 0 Å². The average Bonchev–Trinajstić information content (AvgIpc) is 2.42. The molecule has 1 unspecified atom stereocenters. The van der Waals surface area contributed by atoms with Crippen LogP contribution in [0.4, 0.5) is 0 Å². The summed E-state index contributed by atoms with van der Waals surface area (Å²) in [4.78, 5) is 0. The first-order valence-electron chi connectivity index (χ1n) is 8.33. The Kier molecular flexibility index (Phi) is 16.6. The second-order valence-corrected chi connectivity index (χ2v) is 5.99. The van der Waals surface area contributed by atoms with Crippen molar-refractivity contribution in [2.75, 3.05) is 6.61 Å². The van der Waals surface area contributed by atoms with Gasteiger partial charge < -0.3 is 4.74 Å². The van der Waals surface area contributed by atoms with Gasteiger partial charge in [0.1, 0.15) is 5.56 Å². The molecule has 0 radical (unpaired) electrons. The molecule has 1 fully saturated rings. The van der Waals surface area contributed by atoms with Crippen molar-refractivity contribution in [3.05, 3.63) is 0 Å². The second-order valence-electron chi connectivity index (χ2n) is 5.50. The third kappa shape index (κ3) is 13.0. The van der Waals surface area contributed by atoms with Crippen LogP contribution in [0.25, 0.3) is 0 Å². The van der Waals surface area contributed by atoms with E-state index in [1.165, 1.54) is 25.7 Å². The van der Waals surface area contributed by atoms with Gasteiger partial charge in [0.15, 0.2) is 0 Å². The summed E-state index contributed by atoms with van der Waals surface area (Å²) in [6.07, 6.45) is 6.35. The maximum atomic E-state index is 6.10. The molecule has 0 amide bonds. The summed E-state index contributed by atoms with van der Waals surface area (Å²) >= 11 is 6.10. The summed E-state index contributed by atoms with van der Waals surface area (Å²) in [5.74, 6) is 2.30. The Bertz CT molecular complexity index is 163. The number of ether oxygens (including phenoxy) is 1. The van der Waals surface area contributed by atoms with Crippen LogP contribution >= 0.6 is 11.6 Å². The third-order valence-corrected chi connectivity index (χ3v) is 3.61. The minimum atomic E-state index is -0.0793. The predicted octanol–water partition coefficient (Wildman–Crippen LogP) is 6.49. The maximum Gasteiger partial charge on any atom is 0.131 e. The molecule has 0 aromatic heterocycles. The van der Waals surface area contributed by atoms with E-state index in [2.05, 4.69) is 20.8 Å². The van der Waals surface area contributed by atoms with Gasteiger partial charge in [-0.2, -0.15) is 0 Å². The molecule has 0 aromatic carbocycles. The summed E-state index contributed by atoms with van der Waals surface area (Å²) in [7, 11) is 0. The third-order valence-electron chi connectivity index (χ3n) is 3.30. The van der Waals surface area contributed by atoms with E-state index in [1.54, 1.807) is 0 Å². The van der Waals surface area contributed by atoms with E-state index in [0.29, 0.717) is 5.92 Å². The average molecular weight is 293 g/mol. The first kappa shape index (κ1) is 21.5. The molecular weight excluding hydrogens is 256 g/mol. The van der Waals surface area contributed by atoms with Gasteiger partial charge in [-0.05, 0) is 37.0 Å². The Balaban J connectivity index is 0. The highest BCUT2D eigenvalue weighted by atomic mass is 35.5. The molecule has 0 aromatic rings. The zero-order valence-corrected chi connectivity index (χ0v) is 15.1. The van der Waals surface area contributed by atoms with Crippen LogP contribution in [-0.4, -0.2) is 12.2 Å². The van der Waals surface area contributed by atoms with Crippen LogP contribution < -0.4 is 0 Å². The van der Waals surface area contributed by atoms with Crippen LogP contribution in [0, 0.1) is 17.8 Å². The number of hydrogen-bond donors (Lipinski definition) is 0. The van der Waals surface area contributed by atoms with Gasteiger partial charge in [-0.15, -0.1) is 0 Å². The largest absolute Gasteiger partial charge is 0.362 e. The van der Waals surface area contributed by atoms with E-state index in [1.807, 2.05) is 27.7 Å². The van der Waals surface area contributed by atoms with E-state index >= 15 is 0 Å². The smallest absolute Gasteiger partial charge is 0.131 e. The first-order chi connectivity index (χ1) is 9.08. The predicted molar refractivity (Wildman–Crippen MR) is 88.9 cm³/mol. The second kappa shape index (κ2) is 14.7. The van der Waals surface area contributed by atoms with Crippen molar-refractivity contribution in [3.8, 4) is 0 Å². The fraction of sp³-hybridized carbons (Fsp3) is 1.00. The summed E-state index contributed by atoms with van der Waals surface area (Å²) in [6, 6.07) is 0. The monoisotopic (exact) mass is 292 g/mol. The van der Waals surface area contributed by atoms with E-state index < -0.39 is 0 Å². The quantitative estimate of drug-likeness (QED) is 0.526. The zero-order chi connectivity index (χ0) is 15.3. The van der Waals surface area contributed by atoms with Crippen molar-refractivity contribution < 1.29 is 4.74 Å². The Labute approximate surface area is 127 Å². The van der Waals surface area contributed by atoms with Crippen LogP contribution in [0.15, 0.2) is 0 Å². The van der Waals surface area contributed by atoms with Crippen molar-refractivity contribution in [3.63, 3.8) is 0 Å². The van der Waals surface area contributed by atoms with E-state index in [-0.39, 0.29) is 5.56 Å². The normalized spacial score (nSPS) is 23.8. The SMILES string of the molecule is CC.CC.CC(C)CC(Cl)OCC1CCC(C)CC1. The molecule has 0 aliphatic heterocycles. The van der Waals surface area contributed by atoms with Gasteiger partial charge in [-0.3, -0.25) is 0 Å². The molecular formula is C17H37ClO. The van der Waals surface area contributed by atoms with Crippen molar-refractivity contribution >= 4 is 11.6 Å². The molecule has 1 atom stereocenters. The molecule has 1 aliphatic rings. The fourth-order valence-corrected chi connectivity index (χ4v) is 2.60. The van der Waals surface area contributed by atoms with Gasteiger partial charge in [0, 0.05) is 0 Å². The number of alkyl halides is 1. The molecule has 0 bridgehead atoms. The van der Waals surface area contributed by atoms with Gasteiger partial charge >= 0.3 is 0 Å². The molecule has 2 heteroatoms. The molecule has 1 saturated carbocycles.